The Kier molecular flexibility index (Phi) is 6.25. The SMILES string of the molecule is Cc1ccc(NC(=O)C2CCN(S(=O)(=O)c3ccc(Br)cc3)CC2)cc1Cl. The van der Waals surface area contributed by atoms with Crippen LogP contribution in [0.15, 0.2) is 51.8 Å². The van der Waals surface area contributed by atoms with Crippen molar-refractivity contribution < 1.29 is 13.2 Å². The van der Waals surface area contributed by atoms with E-state index in [2.05, 4.69) is 21.2 Å². The summed E-state index contributed by atoms with van der Waals surface area (Å²) in [4.78, 5) is 12.8. The summed E-state index contributed by atoms with van der Waals surface area (Å²) in [5, 5.41) is 3.47. The average molecular weight is 472 g/mol. The molecule has 3 rings (SSSR count). The topological polar surface area (TPSA) is 66.5 Å². The Morgan fingerprint density at radius 1 is 1.15 bits per heavy atom. The Balaban J connectivity index is 1.61. The quantitative estimate of drug-likeness (QED) is 0.716. The smallest absolute Gasteiger partial charge is 0.243 e. The van der Waals surface area contributed by atoms with Crippen LogP contribution >= 0.6 is 27.5 Å². The second-order valence-electron chi connectivity index (χ2n) is 6.59. The molecule has 0 radical (unpaired) electrons. The standard InChI is InChI=1S/C19H20BrClN2O3S/c1-13-2-5-16(12-18(13)21)22-19(24)14-8-10-23(11-9-14)27(25,26)17-6-3-15(20)4-7-17/h2-7,12,14H,8-11H2,1H3,(H,22,24). The van der Waals surface area contributed by atoms with Crippen molar-refractivity contribution in [2.24, 2.45) is 5.92 Å². The molecule has 0 aliphatic carbocycles. The Labute approximate surface area is 172 Å². The van der Waals surface area contributed by atoms with Crippen molar-refractivity contribution in [3.63, 3.8) is 0 Å². The van der Waals surface area contributed by atoms with Crippen molar-refractivity contribution in [1.82, 2.24) is 4.31 Å². The van der Waals surface area contributed by atoms with Gasteiger partial charge in [0.1, 0.15) is 0 Å². The number of nitrogens with one attached hydrogen (secondary N) is 1. The van der Waals surface area contributed by atoms with Crippen LogP contribution in [0.3, 0.4) is 0 Å². The number of aryl methyl sites for hydroxylation is 1. The molecular weight excluding hydrogens is 452 g/mol. The average Bonchev–Trinajstić information content (AvgIpc) is 2.65. The lowest BCUT2D eigenvalue weighted by Gasteiger charge is -2.30. The highest BCUT2D eigenvalue weighted by Crippen LogP contribution is 2.26. The number of carbonyl (C=O) groups excluding carboxylic acids is 1. The number of benzene rings is 2. The van der Waals surface area contributed by atoms with Gasteiger partial charge in [0.15, 0.2) is 0 Å². The second-order valence-corrected chi connectivity index (χ2v) is 9.85. The number of halogens is 2. The Morgan fingerprint density at radius 3 is 2.37 bits per heavy atom. The molecule has 0 saturated carbocycles. The van der Waals surface area contributed by atoms with E-state index in [1.54, 1.807) is 30.3 Å². The zero-order valence-electron chi connectivity index (χ0n) is 14.8. The molecule has 1 saturated heterocycles. The Bertz CT molecular complexity index is 940. The first-order chi connectivity index (χ1) is 12.8. The first-order valence-electron chi connectivity index (χ1n) is 8.60. The first-order valence-corrected chi connectivity index (χ1v) is 11.2. The van der Waals surface area contributed by atoms with Gasteiger partial charge in [-0.15, -0.1) is 0 Å². The highest BCUT2D eigenvalue weighted by molar-refractivity contribution is 9.10. The zero-order chi connectivity index (χ0) is 19.6. The van der Waals surface area contributed by atoms with Gasteiger partial charge in [-0.1, -0.05) is 33.6 Å². The third-order valence-corrected chi connectivity index (χ3v) is 7.56. The number of amides is 1. The van der Waals surface area contributed by atoms with Crippen molar-refractivity contribution in [1.29, 1.82) is 0 Å². The van der Waals surface area contributed by atoms with Crippen LogP contribution in [0.2, 0.25) is 5.02 Å². The first kappa shape index (κ1) is 20.3. The third kappa shape index (κ3) is 4.71. The van der Waals surface area contributed by atoms with E-state index in [9.17, 15) is 13.2 Å². The van der Waals surface area contributed by atoms with E-state index in [4.69, 9.17) is 11.6 Å². The Hall–Kier alpha value is -1.41. The van der Waals surface area contributed by atoms with Crippen molar-refractivity contribution in [2.75, 3.05) is 18.4 Å². The fraction of sp³-hybridized carbons (Fsp3) is 0.316. The highest BCUT2D eigenvalue weighted by Gasteiger charge is 2.32. The highest BCUT2D eigenvalue weighted by atomic mass is 79.9. The molecule has 2 aromatic rings. The molecule has 1 aliphatic rings. The summed E-state index contributed by atoms with van der Waals surface area (Å²) >= 11 is 9.40. The zero-order valence-corrected chi connectivity index (χ0v) is 17.9. The predicted octanol–water partition coefficient (Wildman–Crippen LogP) is 4.45. The van der Waals surface area contributed by atoms with Gasteiger partial charge in [0.2, 0.25) is 15.9 Å². The minimum absolute atomic E-state index is 0.101. The van der Waals surface area contributed by atoms with E-state index >= 15 is 0 Å². The van der Waals surface area contributed by atoms with Gasteiger partial charge in [0, 0.05) is 34.2 Å². The van der Waals surface area contributed by atoms with Gasteiger partial charge < -0.3 is 5.32 Å². The summed E-state index contributed by atoms with van der Waals surface area (Å²) in [6.45, 7) is 2.55. The normalized spacial score (nSPS) is 16.3. The fourth-order valence-electron chi connectivity index (χ4n) is 3.03. The lowest BCUT2D eigenvalue weighted by atomic mass is 9.97. The van der Waals surface area contributed by atoms with E-state index in [1.165, 1.54) is 4.31 Å². The minimum Gasteiger partial charge on any atom is -0.326 e. The van der Waals surface area contributed by atoms with E-state index in [0.29, 0.717) is 36.6 Å². The maximum absolute atomic E-state index is 12.7. The van der Waals surface area contributed by atoms with Crippen LogP contribution in [0.4, 0.5) is 5.69 Å². The lowest BCUT2D eigenvalue weighted by molar-refractivity contribution is -0.120. The van der Waals surface area contributed by atoms with E-state index in [0.717, 1.165) is 10.0 Å². The molecule has 0 aromatic heterocycles. The predicted molar refractivity (Wildman–Crippen MR) is 110 cm³/mol. The largest absolute Gasteiger partial charge is 0.326 e. The molecule has 0 bridgehead atoms. The van der Waals surface area contributed by atoms with Crippen LogP contribution in [-0.4, -0.2) is 31.7 Å². The summed E-state index contributed by atoms with van der Waals surface area (Å²) in [6.07, 6.45) is 0.975. The van der Waals surface area contributed by atoms with Crippen molar-refractivity contribution >= 4 is 49.1 Å². The summed E-state index contributed by atoms with van der Waals surface area (Å²) < 4.78 is 27.7. The molecule has 1 N–H and O–H groups in total. The maximum atomic E-state index is 12.7. The van der Waals surface area contributed by atoms with Crippen LogP contribution in [0.25, 0.3) is 0 Å². The molecule has 0 spiro atoms. The number of rotatable bonds is 4. The summed E-state index contributed by atoms with van der Waals surface area (Å²) in [5.74, 6) is -0.322. The summed E-state index contributed by atoms with van der Waals surface area (Å²) in [7, 11) is -3.53. The molecule has 2 aromatic carbocycles. The van der Waals surface area contributed by atoms with E-state index < -0.39 is 10.0 Å². The van der Waals surface area contributed by atoms with Crippen LogP contribution in [0, 0.1) is 12.8 Å². The van der Waals surface area contributed by atoms with Gasteiger partial charge in [-0.2, -0.15) is 4.31 Å². The molecule has 0 unspecified atom stereocenters. The molecule has 8 heteroatoms. The van der Waals surface area contributed by atoms with Gasteiger partial charge in [-0.3, -0.25) is 4.79 Å². The van der Waals surface area contributed by atoms with Crippen LogP contribution in [-0.2, 0) is 14.8 Å². The molecular formula is C19H20BrClN2O3S. The van der Waals surface area contributed by atoms with Crippen LogP contribution in [0.1, 0.15) is 18.4 Å². The fourth-order valence-corrected chi connectivity index (χ4v) is 4.94. The van der Waals surface area contributed by atoms with Gasteiger partial charge in [-0.05, 0) is 61.7 Å². The van der Waals surface area contributed by atoms with Crippen molar-refractivity contribution in [3.05, 3.63) is 57.5 Å². The third-order valence-electron chi connectivity index (χ3n) is 4.72. The van der Waals surface area contributed by atoms with Crippen molar-refractivity contribution in [3.8, 4) is 0 Å². The number of hydrogen-bond donors (Lipinski definition) is 1. The maximum Gasteiger partial charge on any atom is 0.243 e. The van der Waals surface area contributed by atoms with Gasteiger partial charge in [0.25, 0.3) is 0 Å². The monoisotopic (exact) mass is 470 g/mol. The number of hydrogen-bond acceptors (Lipinski definition) is 3. The molecule has 1 aliphatic heterocycles. The Morgan fingerprint density at radius 2 is 1.78 bits per heavy atom. The molecule has 5 nitrogen and oxygen atoms in total. The number of nitrogens with zero attached hydrogens (tertiary/aromatic N) is 1. The molecule has 1 fully saturated rings. The molecule has 27 heavy (non-hydrogen) atoms. The van der Waals surface area contributed by atoms with E-state index in [-0.39, 0.29) is 16.7 Å². The summed E-state index contributed by atoms with van der Waals surface area (Å²) in [6, 6.07) is 12.0. The van der Waals surface area contributed by atoms with Gasteiger partial charge >= 0.3 is 0 Å². The minimum atomic E-state index is -3.53. The summed E-state index contributed by atoms with van der Waals surface area (Å²) in [5.41, 5.74) is 1.60. The number of anilines is 1. The molecule has 1 heterocycles. The number of carbonyl (C=O) groups is 1. The lowest BCUT2D eigenvalue weighted by Crippen LogP contribution is -2.41. The van der Waals surface area contributed by atoms with Gasteiger partial charge in [-0.25, -0.2) is 8.42 Å². The van der Waals surface area contributed by atoms with Crippen LogP contribution < -0.4 is 5.32 Å². The number of piperidine rings is 1. The number of sulfonamides is 1. The molecule has 0 atom stereocenters. The molecule has 1 amide bonds. The van der Waals surface area contributed by atoms with Crippen LogP contribution in [0.5, 0.6) is 0 Å². The second kappa shape index (κ2) is 8.31. The van der Waals surface area contributed by atoms with E-state index in [1.807, 2.05) is 19.1 Å². The van der Waals surface area contributed by atoms with Gasteiger partial charge in [0.05, 0.1) is 4.90 Å². The molecule has 144 valence electrons. The van der Waals surface area contributed by atoms with Crippen molar-refractivity contribution in [2.45, 2.75) is 24.7 Å².